The van der Waals surface area contributed by atoms with Crippen LogP contribution in [0.5, 0.6) is 11.5 Å². The third-order valence-electron chi connectivity index (χ3n) is 5.85. The maximum absolute atomic E-state index is 12.7. The zero-order valence-electron chi connectivity index (χ0n) is 18.4. The SMILES string of the molecule is COc1ccc(N2CC(c3noc(-c4ccc(-c5ccccc5)cc4)n3)CC2=O)cc1OC. The van der Waals surface area contributed by atoms with Gasteiger partial charge in [0, 0.05) is 36.2 Å². The summed E-state index contributed by atoms with van der Waals surface area (Å²) in [6.07, 6.45) is 0.320. The highest BCUT2D eigenvalue weighted by atomic mass is 16.5. The third kappa shape index (κ3) is 4.05. The Kier molecular flexibility index (Phi) is 5.52. The number of aromatic nitrogens is 2. The Morgan fingerprint density at radius 2 is 1.58 bits per heavy atom. The first-order valence-corrected chi connectivity index (χ1v) is 10.7. The molecule has 7 heteroatoms. The van der Waals surface area contributed by atoms with Crippen molar-refractivity contribution in [3.63, 3.8) is 0 Å². The van der Waals surface area contributed by atoms with Crippen molar-refractivity contribution in [2.24, 2.45) is 0 Å². The van der Waals surface area contributed by atoms with Crippen LogP contribution in [-0.4, -0.2) is 36.8 Å². The van der Waals surface area contributed by atoms with E-state index in [0.29, 0.717) is 36.2 Å². The first-order valence-electron chi connectivity index (χ1n) is 10.7. The Labute approximate surface area is 191 Å². The highest BCUT2D eigenvalue weighted by molar-refractivity contribution is 5.96. The average Bonchev–Trinajstić information content (AvgIpc) is 3.51. The molecule has 4 aromatic rings. The summed E-state index contributed by atoms with van der Waals surface area (Å²) in [6.45, 7) is 0.472. The van der Waals surface area contributed by atoms with Crippen LogP contribution >= 0.6 is 0 Å². The van der Waals surface area contributed by atoms with Gasteiger partial charge in [-0.1, -0.05) is 47.6 Å². The van der Waals surface area contributed by atoms with E-state index in [1.54, 1.807) is 31.3 Å². The number of methoxy groups -OCH3 is 2. The molecule has 33 heavy (non-hydrogen) atoms. The summed E-state index contributed by atoms with van der Waals surface area (Å²) < 4.78 is 16.2. The molecule has 1 amide bonds. The van der Waals surface area contributed by atoms with E-state index in [1.165, 1.54) is 0 Å². The minimum Gasteiger partial charge on any atom is -0.493 e. The molecule has 7 nitrogen and oxygen atoms in total. The van der Waals surface area contributed by atoms with Crippen LogP contribution in [0.25, 0.3) is 22.6 Å². The molecule has 1 fully saturated rings. The van der Waals surface area contributed by atoms with Crippen LogP contribution in [0.3, 0.4) is 0 Å². The molecule has 1 atom stereocenters. The minimum atomic E-state index is -0.147. The average molecular weight is 441 g/mol. The number of ether oxygens (including phenoxy) is 2. The molecule has 166 valence electrons. The molecule has 0 bridgehead atoms. The lowest BCUT2D eigenvalue weighted by Crippen LogP contribution is -2.24. The first-order chi connectivity index (χ1) is 16.2. The van der Waals surface area contributed by atoms with E-state index in [-0.39, 0.29) is 11.8 Å². The van der Waals surface area contributed by atoms with Crippen molar-refractivity contribution in [1.82, 2.24) is 10.1 Å². The summed E-state index contributed by atoms with van der Waals surface area (Å²) in [5, 5.41) is 4.17. The van der Waals surface area contributed by atoms with E-state index in [4.69, 9.17) is 14.0 Å². The van der Waals surface area contributed by atoms with Crippen molar-refractivity contribution < 1.29 is 18.8 Å². The number of rotatable bonds is 6. The number of carbonyl (C=O) groups excluding carboxylic acids is 1. The number of hydrogen-bond acceptors (Lipinski definition) is 6. The van der Waals surface area contributed by atoms with Gasteiger partial charge in [-0.05, 0) is 35.4 Å². The lowest BCUT2D eigenvalue weighted by atomic mass is 10.0. The topological polar surface area (TPSA) is 77.7 Å². The van der Waals surface area contributed by atoms with Crippen LogP contribution < -0.4 is 14.4 Å². The third-order valence-corrected chi connectivity index (χ3v) is 5.85. The molecule has 1 aliphatic rings. The van der Waals surface area contributed by atoms with Crippen molar-refractivity contribution >= 4 is 11.6 Å². The lowest BCUT2D eigenvalue weighted by Gasteiger charge is -2.18. The van der Waals surface area contributed by atoms with Crippen LogP contribution in [0, 0.1) is 0 Å². The van der Waals surface area contributed by atoms with E-state index in [9.17, 15) is 4.79 Å². The van der Waals surface area contributed by atoms with Crippen LogP contribution in [-0.2, 0) is 4.79 Å². The number of anilines is 1. The molecule has 3 aromatic carbocycles. The quantitative estimate of drug-likeness (QED) is 0.422. The van der Waals surface area contributed by atoms with Gasteiger partial charge in [0.05, 0.1) is 14.2 Å². The summed E-state index contributed by atoms with van der Waals surface area (Å²) in [6, 6.07) is 23.6. The Morgan fingerprint density at radius 3 is 2.30 bits per heavy atom. The molecule has 0 radical (unpaired) electrons. The predicted octanol–water partition coefficient (Wildman–Crippen LogP) is 4.94. The van der Waals surface area contributed by atoms with E-state index < -0.39 is 0 Å². The molecular weight excluding hydrogens is 418 g/mol. The van der Waals surface area contributed by atoms with Gasteiger partial charge in [-0.3, -0.25) is 4.79 Å². The van der Waals surface area contributed by atoms with Crippen molar-refractivity contribution in [3.8, 4) is 34.1 Å². The monoisotopic (exact) mass is 441 g/mol. The van der Waals surface area contributed by atoms with Gasteiger partial charge in [0.2, 0.25) is 5.91 Å². The molecule has 0 saturated carbocycles. The Bertz CT molecular complexity index is 1270. The van der Waals surface area contributed by atoms with Crippen molar-refractivity contribution in [2.45, 2.75) is 12.3 Å². The molecule has 2 heterocycles. The fourth-order valence-corrected chi connectivity index (χ4v) is 4.08. The largest absolute Gasteiger partial charge is 0.493 e. The first kappa shape index (κ1) is 20.8. The van der Waals surface area contributed by atoms with Gasteiger partial charge in [-0.15, -0.1) is 0 Å². The second-order valence-corrected chi connectivity index (χ2v) is 7.85. The van der Waals surface area contributed by atoms with Gasteiger partial charge in [0.25, 0.3) is 5.89 Å². The smallest absolute Gasteiger partial charge is 0.257 e. The highest BCUT2D eigenvalue weighted by Crippen LogP contribution is 2.36. The number of nitrogens with zero attached hydrogens (tertiary/aromatic N) is 3. The second kappa shape index (κ2) is 8.78. The van der Waals surface area contributed by atoms with E-state index in [1.807, 2.05) is 48.5 Å². The summed E-state index contributed by atoms with van der Waals surface area (Å²) in [7, 11) is 3.15. The Hall–Kier alpha value is -4.13. The fraction of sp³-hybridized carbons (Fsp3) is 0.192. The van der Waals surface area contributed by atoms with Gasteiger partial charge in [0.1, 0.15) is 0 Å². The Morgan fingerprint density at radius 1 is 0.879 bits per heavy atom. The molecule has 0 aliphatic carbocycles. The predicted molar refractivity (Wildman–Crippen MR) is 124 cm³/mol. The standard InChI is InChI=1S/C26H23N3O4/c1-31-22-13-12-21(15-23(22)32-2)29-16-20(14-24(29)30)25-27-26(33-28-25)19-10-8-18(9-11-19)17-6-4-3-5-7-17/h3-13,15,20H,14,16H2,1-2H3. The summed E-state index contributed by atoms with van der Waals surface area (Å²) in [5.41, 5.74) is 3.86. The van der Waals surface area contributed by atoms with Gasteiger partial charge in [-0.2, -0.15) is 4.98 Å². The van der Waals surface area contributed by atoms with Gasteiger partial charge >= 0.3 is 0 Å². The normalized spacial score (nSPS) is 15.6. The number of amides is 1. The van der Waals surface area contributed by atoms with Gasteiger partial charge in [0.15, 0.2) is 17.3 Å². The number of hydrogen-bond donors (Lipinski definition) is 0. The number of carbonyl (C=O) groups is 1. The minimum absolute atomic E-state index is 0.00536. The lowest BCUT2D eigenvalue weighted by molar-refractivity contribution is -0.117. The molecule has 0 spiro atoms. The van der Waals surface area contributed by atoms with Crippen LogP contribution in [0.2, 0.25) is 0 Å². The van der Waals surface area contributed by atoms with E-state index >= 15 is 0 Å². The van der Waals surface area contributed by atoms with Gasteiger partial charge in [-0.25, -0.2) is 0 Å². The van der Waals surface area contributed by atoms with E-state index in [2.05, 4.69) is 22.3 Å². The number of benzene rings is 3. The molecule has 1 unspecified atom stereocenters. The van der Waals surface area contributed by atoms with Crippen LogP contribution in [0.1, 0.15) is 18.2 Å². The summed E-state index contributed by atoms with van der Waals surface area (Å²) in [4.78, 5) is 19.0. The zero-order chi connectivity index (χ0) is 22.8. The van der Waals surface area contributed by atoms with Crippen molar-refractivity contribution in [2.75, 3.05) is 25.7 Å². The van der Waals surface area contributed by atoms with Crippen molar-refractivity contribution in [1.29, 1.82) is 0 Å². The molecule has 0 N–H and O–H groups in total. The van der Waals surface area contributed by atoms with Gasteiger partial charge < -0.3 is 18.9 Å². The zero-order valence-corrected chi connectivity index (χ0v) is 18.4. The van der Waals surface area contributed by atoms with Crippen LogP contribution in [0.4, 0.5) is 5.69 Å². The van der Waals surface area contributed by atoms with E-state index in [0.717, 1.165) is 22.4 Å². The summed E-state index contributed by atoms with van der Waals surface area (Å²) >= 11 is 0. The maximum Gasteiger partial charge on any atom is 0.257 e. The fourth-order valence-electron chi connectivity index (χ4n) is 4.08. The molecule has 5 rings (SSSR count). The van der Waals surface area contributed by atoms with Crippen LogP contribution in [0.15, 0.2) is 77.3 Å². The van der Waals surface area contributed by atoms with Crippen molar-refractivity contribution in [3.05, 3.63) is 78.6 Å². The molecule has 1 saturated heterocycles. The highest BCUT2D eigenvalue weighted by Gasteiger charge is 2.35. The Balaban J connectivity index is 1.33. The maximum atomic E-state index is 12.7. The second-order valence-electron chi connectivity index (χ2n) is 7.85. The molecular formula is C26H23N3O4. The molecule has 1 aliphatic heterocycles. The summed E-state index contributed by atoms with van der Waals surface area (Å²) in [5.74, 6) is 2.03. The molecule has 1 aromatic heterocycles.